The van der Waals surface area contributed by atoms with Crippen LogP contribution in [-0.4, -0.2) is 34.5 Å². The average Bonchev–Trinajstić information content (AvgIpc) is 2.85. The van der Waals surface area contributed by atoms with Crippen molar-refractivity contribution in [2.75, 3.05) is 6.54 Å². The first kappa shape index (κ1) is 15.4. The van der Waals surface area contributed by atoms with Crippen molar-refractivity contribution in [3.05, 3.63) is 28.0 Å². The number of hydrogen-bond acceptors (Lipinski definition) is 3. The predicted molar refractivity (Wildman–Crippen MR) is 77.5 cm³/mol. The maximum Gasteiger partial charge on any atom is 0.328 e. The van der Waals surface area contributed by atoms with Crippen LogP contribution < -0.4 is 0 Å². The molecule has 1 aromatic rings. The van der Waals surface area contributed by atoms with E-state index in [9.17, 15) is 9.59 Å². The molecule has 0 aromatic carbocycles. The summed E-state index contributed by atoms with van der Waals surface area (Å²) in [4.78, 5) is 26.0. The number of nitrogens with zero attached hydrogens (tertiary/aromatic N) is 1. The molecule has 0 aliphatic heterocycles. The number of rotatable bonds is 6. The summed E-state index contributed by atoms with van der Waals surface area (Å²) in [6, 6.07) is 3.72. The lowest BCUT2D eigenvalue weighted by atomic mass is 10.2. The normalized spacial score (nSPS) is 12.6. The molecule has 0 aliphatic carbocycles. The van der Waals surface area contributed by atoms with E-state index in [1.165, 1.54) is 17.4 Å². The van der Waals surface area contributed by atoms with E-state index in [1.807, 2.05) is 18.7 Å². The predicted octanol–water partition coefficient (Wildman–Crippen LogP) is 3.11. The van der Waals surface area contributed by atoms with Crippen molar-refractivity contribution in [1.29, 1.82) is 0 Å². The van der Waals surface area contributed by atoms with Crippen molar-refractivity contribution in [3.8, 4) is 0 Å². The summed E-state index contributed by atoms with van der Waals surface area (Å²) < 4.78 is 0. The number of aliphatic carboxylic acids is 1. The van der Waals surface area contributed by atoms with Gasteiger partial charge in [-0.25, -0.2) is 4.79 Å². The van der Waals surface area contributed by atoms with Crippen molar-refractivity contribution in [2.24, 2.45) is 0 Å². The minimum Gasteiger partial charge on any atom is -0.478 e. The van der Waals surface area contributed by atoms with Gasteiger partial charge < -0.3 is 10.0 Å². The summed E-state index contributed by atoms with van der Waals surface area (Å²) in [6.45, 7) is 6.71. The summed E-state index contributed by atoms with van der Waals surface area (Å²) in [7, 11) is 0. The van der Waals surface area contributed by atoms with E-state index >= 15 is 0 Å². The number of carboxylic acid groups (broad SMARTS) is 1. The lowest BCUT2D eigenvalue weighted by Gasteiger charge is -2.26. The molecule has 0 saturated carbocycles. The topological polar surface area (TPSA) is 57.6 Å². The van der Waals surface area contributed by atoms with Gasteiger partial charge in [-0.3, -0.25) is 4.79 Å². The molecule has 1 rings (SSSR count). The molecule has 104 valence electrons. The highest BCUT2D eigenvalue weighted by Gasteiger charge is 2.19. The van der Waals surface area contributed by atoms with Crippen LogP contribution in [0.25, 0.3) is 6.08 Å². The smallest absolute Gasteiger partial charge is 0.328 e. The monoisotopic (exact) mass is 281 g/mol. The molecule has 0 radical (unpaired) electrons. The van der Waals surface area contributed by atoms with Gasteiger partial charge in [-0.15, -0.1) is 11.3 Å². The van der Waals surface area contributed by atoms with E-state index in [2.05, 4.69) is 6.92 Å². The van der Waals surface area contributed by atoms with E-state index in [1.54, 1.807) is 12.1 Å². The minimum absolute atomic E-state index is 0.0109. The number of thiophene rings is 1. The molecule has 0 saturated heterocycles. The SMILES string of the molecule is CCC(C)N(CC)C(=O)c1ccc(C=CC(=O)O)s1. The Morgan fingerprint density at radius 2 is 2.11 bits per heavy atom. The van der Waals surface area contributed by atoms with Gasteiger partial charge in [-0.05, 0) is 38.5 Å². The zero-order valence-electron chi connectivity index (χ0n) is 11.4. The summed E-state index contributed by atoms with van der Waals surface area (Å²) in [5, 5.41) is 8.56. The Kier molecular flexibility index (Phi) is 5.76. The fraction of sp³-hybridized carbons (Fsp3) is 0.429. The molecule has 1 amide bonds. The molecule has 0 fully saturated rings. The number of carboxylic acids is 1. The van der Waals surface area contributed by atoms with Gasteiger partial charge in [0.2, 0.25) is 0 Å². The second kappa shape index (κ2) is 7.09. The molecule has 0 aliphatic rings. The molecule has 0 bridgehead atoms. The minimum atomic E-state index is -0.990. The highest BCUT2D eigenvalue weighted by Crippen LogP contribution is 2.21. The van der Waals surface area contributed by atoms with Crippen LogP contribution in [-0.2, 0) is 4.79 Å². The van der Waals surface area contributed by atoms with Gasteiger partial charge in [0.25, 0.3) is 5.91 Å². The Bertz CT molecular complexity index is 479. The number of carbonyl (C=O) groups is 2. The first-order valence-corrected chi connectivity index (χ1v) is 7.13. The van der Waals surface area contributed by atoms with Gasteiger partial charge in [0.05, 0.1) is 4.88 Å². The van der Waals surface area contributed by atoms with Crippen LogP contribution >= 0.6 is 11.3 Å². The van der Waals surface area contributed by atoms with E-state index in [-0.39, 0.29) is 11.9 Å². The maximum absolute atomic E-state index is 12.3. The van der Waals surface area contributed by atoms with Crippen LogP contribution in [0.1, 0.15) is 41.7 Å². The molecule has 1 atom stereocenters. The molecule has 1 unspecified atom stereocenters. The van der Waals surface area contributed by atoms with Gasteiger partial charge in [-0.1, -0.05) is 6.92 Å². The lowest BCUT2D eigenvalue weighted by Crippen LogP contribution is -2.37. The fourth-order valence-electron chi connectivity index (χ4n) is 1.73. The quantitative estimate of drug-likeness (QED) is 0.815. The largest absolute Gasteiger partial charge is 0.478 e. The lowest BCUT2D eigenvalue weighted by molar-refractivity contribution is -0.131. The third-order valence-electron chi connectivity index (χ3n) is 2.95. The third kappa shape index (κ3) is 4.21. The number of carbonyl (C=O) groups excluding carboxylic acids is 1. The van der Waals surface area contributed by atoms with E-state index in [0.717, 1.165) is 17.4 Å². The van der Waals surface area contributed by atoms with Crippen LogP contribution in [0.4, 0.5) is 0 Å². The molecule has 5 heteroatoms. The second-order valence-electron chi connectivity index (χ2n) is 4.22. The molecule has 19 heavy (non-hydrogen) atoms. The molecule has 4 nitrogen and oxygen atoms in total. The third-order valence-corrected chi connectivity index (χ3v) is 3.99. The molecule has 1 aromatic heterocycles. The Morgan fingerprint density at radius 3 is 2.63 bits per heavy atom. The fourth-order valence-corrected chi connectivity index (χ4v) is 2.59. The van der Waals surface area contributed by atoms with Gasteiger partial charge in [0, 0.05) is 23.5 Å². The molecular weight excluding hydrogens is 262 g/mol. The maximum atomic E-state index is 12.3. The molecule has 1 heterocycles. The van der Waals surface area contributed by atoms with E-state index in [0.29, 0.717) is 11.4 Å². The van der Waals surface area contributed by atoms with Crippen molar-refractivity contribution in [1.82, 2.24) is 4.90 Å². The van der Waals surface area contributed by atoms with E-state index < -0.39 is 5.97 Å². The average molecular weight is 281 g/mol. The molecular formula is C14H19NO3S. The Balaban J connectivity index is 2.85. The van der Waals surface area contributed by atoms with Gasteiger partial charge in [0.15, 0.2) is 0 Å². The molecule has 1 N–H and O–H groups in total. The van der Waals surface area contributed by atoms with Crippen molar-refractivity contribution in [2.45, 2.75) is 33.2 Å². The zero-order valence-corrected chi connectivity index (χ0v) is 12.2. The van der Waals surface area contributed by atoms with Crippen LogP contribution in [0, 0.1) is 0 Å². The van der Waals surface area contributed by atoms with Crippen LogP contribution in [0.2, 0.25) is 0 Å². The standard InChI is InChI=1S/C14H19NO3S/c1-4-10(3)15(5-2)14(18)12-8-6-11(19-12)7-9-13(16)17/h6-10H,4-5H2,1-3H3,(H,16,17). The Hall–Kier alpha value is -1.62. The Morgan fingerprint density at radius 1 is 1.42 bits per heavy atom. The highest BCUT2D eigenvalue weighted by atomic mass is 32.1. The summed E-state index contributed by atoms with van der Waals surface area (Å²) in [5.41, 5.74) is 0. The van der Waals surface area contributed by atoms with E-state index in [4.69, 9.17) is 5.11 Å². The first-order chi connectivity index (χ1) is 8.99. The van der Waals surface area contributed by atoms with Crippen LogP contribution in [0.3, 0.4) is 0 Å². The summed E-state index contributed by atoms with van der Waals surface area (Å²) in [6.07, 6.45) is 3.49. The van der Waals surface area contributed by atoms with Crippen LogP contribution in [0.15, 0.2) is 18.2 Å². The summed E-state index contributed by atoms with van der Waals surface area (Å²) >= 11 is 1.31. The number of amides is 1. The highest BCUT2D eigenvalue weighted by molar-refractivity contribution is 7.14. The zero-order chi connectivity index (χ0) is 14.4. The van der Waals surface area contributed by atoms with Crippen molar-refractivity contribution >= 4 is 29.3 Å². The van der Waals surface area contributed by atoms with Gasteiger partial charge in [-0.2, -0.15) is 0 Å². The van der Waals surface area contributed by atoms with Crippen molar-refractivity contribution < 1.29 is 14.7 Å². The first-order valence-electron chi connectivity index (χ1n) is 6.31. The van der Waals surface area contributed by atoms with Gasteiger partial charge in [0.1, 0.15) is 0 Å². The molecule has 0 spiro atoms. The van der Waals surface area contributed by atoms with Crippen molar-refractivity contribution in [3.63, 3.8) is 0 Å². The second-order valence-corrected chi connectivity index (χ2v) is 5.34. The number of hydrogen-bond donors (Lipinski definition) is 1. The Labute approximate surface area is 117 Å². The van der Waals surface area contributed by atoms with Crippen LogP contribution in [0.5, 0.6) is 0 Å². The van der Waals surface area contributed by atoms with Gasteiger partial charge >= 0.3 is 5.97 Å². The summed E-state index contributed by atoms with van der Waals surface area (Å²) in [5.74, 6) is -0.979.